The molecule has 0 saturated carbocycles. The molecule has 0 saturated heterocycles. The summed E-state index contributed by atoms with van der Waals surface area (Å²) in [6.45, 7) is 1.57. The molecule has 1 heterocycles. The van der Waals surface area contributed by atoms with Crippen LogP contribution in [-0.2, 0) is 4.79 Å². The quantitative estimate of drug-likeness (QED) is 0.913. The van der Waals surface area contributed by atoms with Gasteiger partial charge in [-0.2, -0.15) is 0 Å². The molecule has 0 aliphatic carbocycles. The van der Waals surface area contributed by atoms with Gasteiger partial charge in [-0.05, 0) is 30.3 Å². The number of nitrogens with one attached hydrogen (secondary N) is 2. The Balaban J connectivity index is 1.81. The molecule has 2 N–H and O–H groups in total. The molecular weight excluding hydrogens is 284 g/mol. The van der Waals surface area contributed by atoms with Crippen LogP contribution in [0, 0.1) is 0 Å². The Labute approximate surface area is 127 Å². The van der Waals surface area contributed by atoms with Gasteiger partial charge >= 0.3 is 0 Å². The van der Waals surface area contributed by atoms with Crippen molar-refractivity contribution in [2.24, 2.45) is 0 Å². The second-order valence-corrected chi connectivity index (χ2v) is 4.75. The first-order valence-corrected chi connectivity index (χ1v) is 6.71. The zero-order valence-corrected chi connectivity index (χ0v) is 11.9. The lowest BCUT2D eigenvalue weighted by Gasteiger charge is -2.11. The summed E-state index contributed by atoms with van der Waals surface area (Å²) >= 11 is 0. The molecule has 6 heteroatoms. The number of carbonyl (C=O) groups excluding carboxylic acids is 2. The van der Waals surface area contributed by atoms with Crippen molar-refractivity contribution < 1.29 is 19.1 Å². The molecule has 2 aromatic rings. The van der Waals surface area contributed by atoms with E-state index in [2.05, 4.69) is 10.6 Å². The topological polar surface area (TPSA) is 76.7 Å². The van der Waals surface area contributed by atoms with Crippen LogP contribution in [-0.4, -0.2) is 18.6 Å². The van der Waals surface area contributed by atoms with E-state index in [1.807, 2.05) is 0 Å². The highest BCUT2D eigenvalue weighted by molar-refractivity contribution is 6.07. The Kier molecular flexibility index (Phi) is 3.65. The number of para-hydroxylation sites is 2. The zero-order valence-electron chi connectivity index (χ0n) is 11.9. The van der Waals surface area contributed by atoms with Crippen LogP contribution in [0.15, 0.2) is 42.5 Å². The Bertz CT molecular complexity index is 743. The van der Waals surface area contributed by atoms with E-state index in [-0.39, 0.29) is 18.6 Å². The summed E-state index contributed by atoms with van der Waals surface area (Å²) < 4.78 is 10.5. The smallest absolute Gasteiger partial charge is 0.255 e. The molecular formula is C16H14N2O4. The van der Waals surface area contributed by atoms with Gasteiger partial charge in [-0.1, -0.05) is 12.1 Å². The van der Waals surface area contributed by atoms with E-state index in [0.717, 1.165) is 0 Å². The van der Waals surface area contributed by atoms with E-state index in [4.69, 9.17) is 9.47 Å². The Morgan fingerprint density at radius 2 is 1.64 bits per heavy atom. The maximum absolute atomic E-state index is 12.3. The first-order chi connectivity index (χ1) is 10.6. The van der Waals surface area contributed by atoms with Gasteiger partial charge in [0, 0.05) is 12.5 Å². The van der Waals surface area contributed by atoms with E-state index in [9.17, 15) is 9.59 Å². The summed E-state index contributed by atoms with van der Waals surface area (Å²) in [6.07, 6.45) is 0. The second kappa shape index (κ2) is 5.77. The summed E-state index contributed by atoms with van der Waals surface area (Å²) in [5.41, 5.74) is 1.52. The first kappa shape index (κ1) is 13.9. The minimum atomic E-state index is -0.295. The highest BCUT2D eigenvalue weighted by Crippen LogP contribution is 2.33. The van der Waals surface area contributed by atoms with Crippen molar-refractivity contribution >= 4 is 23.2 Å². The average Bonchev–Trinajstić information content (AvgIpc) is 2.96. The second-order valence-electron chi connectivity index (χ2n) is 4.75. The molecule has 112 valence electrons. The molecule has 0 fully saturated rings. The highest BCUT2D eigenvalue weighted by Gasteiger charge is 2.17. The molecule has 0 unspecified atom stereocenters. The van der Waals surface area contributed by atoms with Gasteiger partial charge in [0.1, 0.15) is 0 Å². The zero-order chi connectivity index (χ0) is 15.5. The number of ether oxygens (including phenoxy) is 2. The molecule has 2 aromatic carbocycles. The van der Waals surface area contributed by atoms with E-state index >= 15 is 0 Å². The van der Waals surface area contributed by atoms with E-state index in [1.54, 1.807) is 42.5 Å². The highest BCUT2D eigenvalue weighted by atomic mass is 16.7. The van der Waals surface area contributed by atoms with Gasteiger partial charge in [-0.25, -0.2) is 0 Å². The predicted molar refractivity (Wildman–Crippen MR) is 81.3 cm³/mol. The number of rotatable bonds is 3. The van der Waals surface area contributed by atoms with Crippen molar-refractivity contribution in [1.82, 2.24) is 0 Å². The number of fused-ring (bicyclic) bond motifs is 1. The number of amides is 2. The first-order valence-electron chi connectivity index (χ1n) is 6.71. The monoisotopic (exact) mass is 298 g/mol. The molecule has 0 bridgehead atoms. The molecule has 0 atom stereocenters. The molecule has 2 amide bonds. The van der Waals surface area contributed by atoms with Gasteiger partial charge in [-0.3, -0.25) is 9.59 Å². The van der Waals surface area contributed by atoms with Crippen molar-refractivity contribution in [2.45, 2.75) is 6.92 Å². The largest absolute Gasteiger partial charge is 0.454 e. The minimum absolute atomic E-state index is 0.159. The summed E-state index contributed by atoms with van der Waals surface area (Å²) in [4.78, 5) is 23.5. The summed E-state index contributed by atoms with van der Waals surface area (Å²) in [5.74, 6) is 0.666. The molecule has 0 radical (unpaired) electrons. The molecule has 6 nitrogen and oxygen atoms in total. The number of benzene rings is 2. The number of hydrogen-bond acceptors (Lipinski definition) is 4. The van der Waals surface area contributed by atoms with E-state index in [0.29, 0.717) is 28.4 Å². The summed E-state index contributed by atoms with van der Waals surface area (Å²) in [6, 6.07) is 12.0. The predicted octanol–water partition coefficient (Wildman–Crippen LogP) is 2.63. The van der Waals surface area contributed by atoms with Crippen LogP contribution in [0.3, 0.4) is 0 Å². The van der Waals surface area contributed by atoms with Crippen LogP contribution in [0.2, 0.25) is 0 Å². The maximum atomic E-state index is 12.3. The molecule has 1 aliphatic rings. The molecule has 0 spiro atoms. The van der Waals surface area contributed by atoms with Crippen LogP contribution in [0.1, 0.15) is 17.3 Å². The average molecular weight is 298 g/mol. The van der Waals surface area contributed by atoms with Crippen LogP contribution in [0.4, 0.5) is 11.4 Å². The third-order valence-electron chi connectivity index (χ3n) is 3.12. The maximum Gasteiger partial charge on any atom is 0.255 e. The van der Waals surface area contributed by atoms with Crippen molar-refractivity contribution in [3.63, 3.8) is 0 Å². The fourth-order valence-corrected chi connectivity index (χ4v) is 2.12. The number of anilines is 2. The standard InChI is InChI=1S/C16H14N2O4/c1-10(19)17-12-4-2-3-5-13(12)18-16(20)11-6-7-14-15(8-11)22-9-21-14/h2-8H,9H2,1H3,(H,17,19)(H,18,20). The Morgan fingerprint density at radius 3 is 2.36 bits per heavy atom. The normalized spacial score (nSPS) is 11.9. The van der Waals surface area contributed by atoms with E-state index < -0.39 is 0 Å². The van der Waals surface area contributed by atoms with Crippen LogP contribution < -0.4 is 20.1 Å². The number of carbonyl (C=O) groups is 2. The van der Waals surface area contributed by atoms with Gasteiger partial charge in [0.15, 0.2) is 11.5 Å². The summed E-state index contributed by atoms with van der Waals surface area (Å²) in [5, 5.41) is 5.45. The molecule has 0 aromatic heterocycles. The molecule has 22 heavy (non-hydrogen) atoms. The molecule has 1 aliphatic heterocycles. The third kappa shape index (κ3) is 2.85. The fourth-order valence-electron chi connectivity index (χ4n) is 2.12. The SMILES string of the molecule is CC(=O)Nc1ccccc1NC(=O)c1ccc2c(c1)OCO2. The van der Waals surface area contributed by atoms with Crippen molar-refractivity contribution in [1.29, 1.82) is 0 Å². The minimum Gasteiger partial charge on any atom is -0.454 e. The van der Waals surface area contributed by atoms with Gasteiger partial charge in [-0.15, -0.1) is 0 Å². The third-order valence-corrected chi connectivity index (χ3v) is 3.12. The lowest BCUT2D eigenvalue weighted by Crippen LogP contribution is -2.15. The van der Waals surface area contributed by atoms with Crippen molar-refractivity contribution in [2.75, 3.05) is 17.4 Å². The van der Waals surface area contributed by atoms with Gasteiger partial charge < -0.3 is 20.1 Å². The van der Waals surface area contributed by atoms with Crippen molar-refractivity contribution in [3.05, 3.63) is 48.0 Å². The number of hydrogen-bond donors (Lipinski definition) is 2. The Hall–Kier alpha value is -3.02. The fraction of sp³-hybridized carbons (Fsp3) is 0.125. The van der Waals surface area contributed by atoms with Crippen LogP contribution >= 0.6 is 0 Å². The van der Waals surface area contributed by atoms with Gasteiger partial charge in [0.2, 0.25) is 12.7 Å². The Morgan fingerprint density at radius 1 is 0.955 bits per heavy atom. The lowest BCUT2D eigenvalue weighted by molar-refractivity contribution is -0.114. The van der Waals surface area contributed by atoms with Gasteiger partial charge in [0.25, 0.3) is 5.91 Å². The lowest BCUT2D eigenvalue weighted by atomic mass is 10.1. The molecule has 3 rings (SSSR count). The van der Waals surface area contributed by atoms with Crippen LogP contribution in [0.25, 0.3) is 0 Å². The summed E-state index contributed by atoms with van der Waals surface area (Å²) in [7, 11) is 0. The van der Waals surface area contributed by atoms with Gasteiger partial charge in [0.05, 0.1) is 11.4 Å². The van der Waals surface area contributed by atoms with Crippen molar-refractivity contribution in [3.8, 4) is 11.5 Å². The van der Waals surface area contributed by atoms with E-state index in [1.165, 1.54) is 6.92 Å². The van der Waals surface area contributed by atoms with Crippen LogP contribution in [0.5, 0.6) is 11.5 Å².